The molecule has 5 nitrogen and oxygen atoms in total. The van der Waals surface area contributed by atoms with Gasteiger partial charge in [0.15, 0.2) is 0 Å². The van der Waals surface area contributed by atoms with Crippen LogP contribution < -0.4 is 5.73 Å². The first-order valence-electron chi connectivity index (χ1n) is 5.61. The highest BCUT2D eigenvalue weighted by Crippen LogP contribution is 2.23. The van der Waals surface area contributed by atoms with E-state index in [0.717, 1.165) is 12.2 Å². The molecule has 0 saturated carbocycles. The van der Waals surface area contributed by atoms with E-state index in [-0.39, 0.29) is 16.6 Å². The number of pyridine rings is 1. The van der Waals surface area contributed by atoms with Crippen molar-refractivity contribution in [2.24, 2.45) is 0 Å². The van der Waals surface area contributed by atoms with E-state index < -0.39 is 10.0 Å². The van der Waals surface area contributed by atoms with Crippen LogP contribution in [0.1, 0.15) is 13.3 Å². The highest BCUT2D eigenvalue weighted by atomic mass is 32.2. The van der Waals surface area contributed by atoms with Crippen LogP contribution in [0, 0.1) is 0 Å². The van der Waals surface area contributed by atoms with Gasteiger partial charge in [-0.15, -0.1) is 0 Å². The summed E-state index contributed by atoms with van der Waals surface area (Å²) in [6, 6.07) is 1.46. The summed E-state index contributed by atoms with van der Waals surface area (Å²) in [7, 11) is -1.98. The lowest BCUT2D eigenvalue weighted by Gasteiger charge is -2.26. The van der Waals surface area contributed by atoms with E-state index in [0.29, 0.717) is 0 Å². The van der Waals surface area contributed by atoms with Gasteiger partial charge in [0, 0.05) is 31.2 Å². The Morgan fingerprint density at radius 3 is 2.72 bits per heavy atom. The summed E-state index contributed by atoms with van der Waals surface area (Å²) in [6.07, 6.45) is 5.50. The monoisotopic (exact) mass is 289 g/mol. The van der Waals surface area contributed by atoms with Crippen LogP contribution in [0.4, 0.5) is 5.69 Å². The van der Waals surface area contributed by atoms with Crippen molar-refractivity contribution in [3.8, 4) is 0 Å². The topological polar surface area (TPSA) is 76.3 Å². The zero-order chi connectivity index (χ0) is 13.8. The number of thioether (sulfide) groups is 1. The second kappa shape index (κ2) is 6.40. The summed E-state index contributed by atoms with van der Waals surface area (Å²) < 4.78 is 26.2. The number of hydrogen-bond donors (Lipinski definition) is 1. The van der Waals surface area contributed by atoms with E-state index >= 15 is 0 Å². The SMILES string of the molecule is CCC(CSC)N(C)S(=O)(=O)c1cnccc1N. The lowest BCUT2D eigenvalue weighted by atomic mass is 10.3. The summed E-state index contributed by atoms with van der Waals surface area (Å²) in [6.45, 7) is 1.97. The van der Waals surface area contributed by atoms with Crippen LogP contribution in [0.25, 0.3) is 0 Å². The van der Waals surface area contributed by atoms with Crippen molar-refractivity contribution in [2.75, 3.05) is 24.8 Å². The Morgan fingerprint density at radius 1 is 1.56 bits per heavy atom. The molecule has 0 fully saturated rings. The molecule has 1 unspecified atom stereocenters. The average Bonchev–Trinajstić information content (AvgIpc) is 2.35. The molecule has 0 bridgehead atoms. The van der Waals surface area contributed by atoms with E-state index in [2.05, 4.69) is 4.98 Å². The molecule has 0 aromatic carbocycles. The largest absolute Gasteiger partial charge is 0.398 e. The minimum Gasteiger partial charge on any atom is -0.398 e. The molecule has 0 amide bonds. The fourth-order valence-corrected chi connectivity index (χ4v) is 4.05. The number of nitrogen functional groups attached to an aromatic ring is 1. The molecule has 1 aromatic heterocycles. The molecule has 2 N–H and O–H groups in total. The van der Waals surface area contributed by atoms with Gasteiger partial charge in [0.1, 0.15) is 4.90 Å². The van der Waals surface area contributed by atoms with Gasteiger partial charge in [-0.25, -0.2) is 8.42 Å². The summed E-state index contributed by atoms with van der Waals surface area (Å²) in [5.41, 5.74) is 5.94. The molecule has 1 rings (SSSR count). The fourth-order valence-electron chi connectivity index (χ4n) is 1.63. The molecular weight excluding hydrogens is 270 g/mol. The van der Waals surface area contributed by atoms with Crippen molar-refractivity contribution in [3.63, 3.8) is 0 Å². The van der Waals surface area contributed by atoms with Crippen molar-refractivity contribution in [1.82, 2.24) is 9.29 Å². The number of hydrogen-bond acceptors (Lipinski definition) is 5. The third-order valence-corrected chi connectivity index (χ3v) is 5.49. The number of nitrogens with two attached hydrogens (primary N) is 1. The smallest absolute Gasteiger partial charge is 0.246 e. The molecule has 0 aliphatic heterocycles. The average molecular weight is 289 g/mol. The molecule has 1 heterocycles. The number of aromatic nitrogens is 1. The van der Waals surface area contributed by atoms with E-state index in [4.69, 9.17) is 5.73 Å². The Kier molecular flexibility index (Phi) is 5.43. The van der Waals surface area contributed by atoms with Crippen molar-refractivity contribution >= 4 is 27.5 Å². The summed E-state index contributed by atoms with van der Waals surface area (Å²) >= 11 is 1.63. The Morgan fingerprint density at radius 2 is 2.22 bits per heavy atom. The number of anilines is 1. The predicted molar refractivity (Wildman–Crippen MR) is 76.1 cm³/mol. The van der Waals surface area contributed by atoms with Crippen LogP contribution in [0.2, 0.25) is 0 Å². The quantitative estimate of drug-likeness (QED) is 0.857. The van der Waals surface area contributed by atoms with Gasteiger partial charge in [-0.3, -0.25) is 4.98 Å². The van der Waals surface area contributed by atoms with Crippen molar-refractivity contribution in [1.29, 1.82) is 0 Å². The molecule has 7 heteroatoms. The van der Waals surface area contributed by atoms with Crippen LogP contribution in [-0.4, -0.2) is 42.8 Å². The molecule has 0 radical (unpaired) electrons. The number of rotatable bonds is 6. The van der Waals surface area contributed by atoms with Gasteiger partial charge in [-0.05, 0) is 18.7 Å². The van der Waals surface area contributed by atoms with Crippen molar-refractivity contribution in [3.05, 3.63) is 18.5 Å². The zero-order valence-electron chi connectivity index (χ0n) is 10.8. The first kappa shape index (κ1) is 15.3. The molecule has 1 aromatic rings. The standard InChI is InChI=1S/C11H19N3O2S2/c1-4-9(8-17-3)14(2)18(15,16)11-7-13-6-5-10(11)12/h5-7,9H,4,8H2,1-3H3,(H2,12,13). The molecule has 0 aliphatic rings. The molecule has 0 spiro atoms. The summed E-state index contributed by atoms with van der Waals surface area (Å²) in [5.74, 6) is 0.756. The maximum atomic E-state index is 12.4. The zero-order valence-corrected chi connectivity index (χ0v) is 12.5. The molecular formula is C11H19N3O2S2. The lowest BCUT2D eigenvalue weighted by molar-refractivity contribution is 0.385. The highest BCUT2D eigenvalue weighted by Gasteiger charge is 2.28. The predicted octanol–water partition coefficient (Wildman–Crippen LogP) is 1.43. The summed E-state index contributed by atoms with van der Waals surface area (Å²) in [5, 5.41) is 0. The Hall–Kier alpha value is -0.790. The third kappa shape index (κ3) is 3.15. The first-order chi connectivity index (χ1) is 8.45. The van der Waals surface area contributed by atoms with E-state index in [1.807, 2.05) is 13.2 Å². The van der Waals surface area contributed by atoms with Crippen LogP contribution in [0.15, 0.2) is 23.4 Å². The van der Waals surface area contributed by atoms with Gasteiger partial charge in [0.25, 0.3) is 0 Å². The van der Waals surface area contributed by atoms with Crippen molar-refractivity contribution in [2.45, 2.75) is 24.3 Å². The van der Waals surface area contributed by atoms with Crippen LogP contribution in [0.3, 0.4) is 0 Å². The van der Waals surface area contributed by atoms with E-state index in [9.17, 15) is 8.42 Å². The van der Waals surface area contributed by atoms with E-state index in [1.165, 1.54) is 22.8 Å². The highest BCUT2D eigenvalue weighted by molar-refractivity contribution is 7.98. The molecule has 18 heavy (non-hydrogen) atoms. The maximum Gasteiger partial charge on any atom is 0.246 e. The van der Waals surface area contributed by atoms with Crippen LogP contribution in [-0.2, 0) is 10.0 Å². The second-order valence-electron chi connectivity index (χ2n) is 3.95. The Bertz CT molecular complexity index is 491. The van der Waals surface area contributed by atoms with Gasteiger partial charge >= 0.3 is 0 Å². The third-order valence-electron chi connectivity index (χ3n) is 2.82. The summed E-state index contributed by atoms with van der Waals surface area (Å²) in [4.78, 5) is 3.91. The van der Waals surface area contributed by atoms with Gasteiger partial charge < -0.3 is 5.73 Å². The van der Waals surface area contributed by atoms with Crippen LogP contribution >= 0.6 is 11.8 Å². The van der Waals surface area contributed by atoms with Gasteiger partial charge in [0.2, 0.25) is 10.0 Å². The van der Waals surface area contributed by atoms with E-state index in [1.54, 1.807) is 18.8 Å². The Balaban J connectivity index is 3.10. The first-order valence-corrected chi connectivity index (χ1v) is 8.45. The fraction of sp³-hybridized carbons (Fsp3) is 0.545. The Labute approximate surface area is 113 Å². The number of nitrogens with zero attached hydrogens (tertiary/aromatic N) is 2. The van der Waals surface area contributed by atoms with Gasteiger partial charge in [-0.2, -0.15) is 16.1 Å². The van der Waals surface area contributed by atoms with Crippen LogP contribution in [0.5, 0.6) is 0 Å². The van der Waals surface area contributed by atoms with Crippen molar-refractivity contribution < 1.29 is 8.42 Å². The normalized spacial score (nSPS) is 13.8. The minimum absolute atomic E-state index is 0.0374. The minimum atomic E-state index is -3.57. The van der Waals surface area contributed by atoms with Gasteiger partial charge in [0.05, 0.1) is 5.69 Å². The van der Waals surface area contributed by atoms with Gasteiger partial charge in [-0.1, -0.05) is 6.92 Å². The molecule has 102 valence electrons. The molecule has 1 atom stereocenters. The number of sulfonamides is 1. The maximum absolute atomic E-state index is 12.4. The second-order valence-corrected chi connectivity index (χ2v) is 6.83. The molecule has 0 saturated heterocycles. The lowest BCUT2D eigenvalue weighted by Crippen LogP contribution is -2.38. The molecule has 0 aliphatic carbocycles.